The van der Waals surface area contributed by atoms with Crippen LogP contribution in [-0.2, 0) is 0 Å². The van der Waals surface area contributed by atoms with Crippen LogP contribution in [0, 0.1) is 13.8 Å². The Hall–Kier alpha value is -3.19. The second kappa shape index (κ2) is 8.01. The number of carbonyl (C=O) groups is 1. The lowest BCUT2D eigenvalue weighted by atomic mass is 10.2. The number of halogens is 1. The summed E-state index contributed by atoms with van der Waals surface area (Å²) in [6, 6.07) is 14.4. The molecule has 0 spiro atoms. The highest BCUT2D eigenvalue weighted by Crippen LogP contribution is 2.16. The summed E-state index contributed by atoms with van der Waals surface area (Å²) in [5.74, 6) is 0. The highest BCUT2D eigenvalue weighted by Gasteiger charge is 2.13. The van der Waals surface area contributed by atoms with Crippen LogP contribution in [0.4, 0.5) is 10.5 Å². The minimum Gasteiger partial charge on any atom is -0.307 e. The maximum Gasteiger partial charge on any atom is 0.339 e. The Morgan fingerprint density at radius 1 is 1.15 bits per heavy atom. The van der Waals surface area contributed by atoms with Gasteiger partial charge in [0.15, 0.2) is 0 Å². The van der Waals surface area contributed by atoms with Crippen LogP contribution in [0.15, 0.2) is 53.6 Å². The van der Waals surface area contributed by atoms with Crippen LogP contribution < -0.4 is 10.7 Å². The van der Waals surface area contributed by atoms with E-state index >= 15 is 0 Å². The summed E-state index contributed by atoms with van der Waals surface area (Å²) in [7, 11) is 0. The number of aromatic nitrogens is 3. The first kappa shape index (κ1) is 18.6. The van der Waals surface area contributed by atoms with Crippen molar-refractivity contribution in [2.75, 3.05) is 5.32 Å². The predicted molar refractivity (Wildman–Crippen MR) is 107 cm³/mol. The van der Waals surface area contributed by atoms with Gasteiger partial charge in [-0.1, -0.05) is 28.9 Å². The van der Waals surface area contributed by atoms with Crippen molar-refractivity contribution in [1.82, 2.24) is 20.4 Å². The van der Waals surface area contributed by atoms with Crippen molar-refractivity contribution < 1.29 is 4.79 Å². The van der Waals surface area contributed by atoms with Gasteiger partial charge in [0, 0.05) is 10.7 Å². The summed E-state index contributed by atoms with van der Waals surface area (Å²) in [5, 5.41) is 15.8. The van der Waals surface area contributed by atoms with Gasteiger partial charge in [-0.05, 0) is 62.7 Å². The Labute approximate surface area is 162 Å². The van der Waals surface area contributed by atoms with E-state index in [1.165, 1.54) is 0 Å². The average Bonchev–Trinajstić information content (AvgIpc) is 3.02. The number of amides is 2. The number of urea groups is 1. The van der Waals surface area contributed by atoms with Crippen LogP contribution in [0.5, 0.6) is 0 Å². The van der Waals surface area contributed by atoms with Crippen LogP contribution in [0.25, 0.3) is 5.69 Å². The van der Waals surface area contributed by atoms with E-state index in [4.69, 9.17) is 11.6 Å². The van der Waals surface area contributed by atoms with Crippen molar-refractivity contribution in [3.05, 3.63) is 70.5 Å². The summed E-state index contributed by atoms with van der Waals surface area (Å²) < 4.78 is 1.69. The second-order valence-corrected chi connectivity index (χ2v) is 6.48. The molecular formula is C19H19ClN6O. The second-order valence-electron chi connectivity index (χ2n) is 6.04. The summed E-state index contributed by atoms with van der Waals surface area (Å²) in [6.45, 7) is 5.60. The zero-order valence-electron chi connectivity index (χ0n) is 15.2. The molecule has 27 heavy (non-hydrogen) atoms. The fourth-order valence-corrected chi connectivity index (χ4v) is 2.69. The lowest BCUT2D eigenvalue weighted by molar-refractivity contribution is 0.252. The maximum atomic E-state index is 12.0. The predicted octanol–water partition coefficient (Wildman–Crippen LogP) is 4.08. The molecule has 0 atom stereocenters. The Morgan fingerprint density at radius 3 is 2.59 bits per heavy atom. The van der Waals surface area contributed by atoms with Crippen molar-refractivity contribution in [2.24, 2.45) is 5.10 Å². The van der Waals surface area contributed by atoms with Gasteiger partial charge in [0.05, 0.1) is 17.1 Å². The van der Waals surface area contributed by atoms with Crippen molar-refractivity contribution in [2.45, 2.75) is 20.8 Å². The molecule has 8 heteroatoms. The molecule has 1 heterocycles. The van der Waals surface area contributed by atoms with Gasteiger partial charge < -0.3 is 5.32 Å². The number of hydrogen-bond acceptors (Lipinski definition) is 4. The molecule has 0 aliphatic rings. The highest BCUT2D eigenvalue weighted by molar-refractivity contribution is 6.30. The standard InChI is InChI=1S/C19H19ClN6O/c1-12-5-4-6-16(11-12)21-19(27)24-22-13(2)18-14(3)26(25-23-18)17-9-7-15(20)8-10-17/h4-11H,1-3H3,(H2,21,24,27)/b22-13+. The van der Waals surface area contributed by atoms with E-state index < -0.39 is 6.03 Å². The molecule has 0 radical (unpaired) electrons. The Morgan fingerprint density at radius 2 is 1.89 bits per heavy atom. The number of rotatable bonds is 4. The third-order valence-corrected chi connectivity index (χ3v) is 4.16. The number of hydrogen-bond donors (Lipinski definition) is 2. The third kappa shape index (κ3) is 4.51. The topological polar surface area (TPSA) is 84.2 Å². The van der Waals surface area contributed by atoms with Gasteiger partial charge in [0.2, 0.25) is 0 Å². The van der Waals surface area contributed by atoms with Gasteiger partial charge in [0.1, 0.15) is 5.69 Å². The molecule has 3 rings (SSSR count). The zero-order valence-corrected chi connectivity index (χ0v) is 15.9. The number of carbonyl (C=O) groups excluding carboxylic acids is 1. The Balaban J connectivity index is 1.71. The molecule has 2 aromatic carbocycles. The lowest BCUT2D eigenvalue weighted by Gasteiger charge is -2.06. The molecule has 0 fully saturated rings. The number of nitrogens with one attached hydrogen (secondary N) is 2. The van der Waals surface area contributed by atoms with E-state index in [0.29, 0.717) is 22.1 Å². The summed E-state index contributed by atoms with van der Waals surface area (Å²) in [5.41, 5.74) is 7.03. The van der Waals surface area contributed by atoms with E-state index in [-0.39, 0.29) is 0 Å². The lowest BCUT2D eigenvalue weighted by Crippen LogP contribution is -2.25. The molecular weight excluding hydrogens is 364 g/mol. The zero-order chi connectivity index (χ0) is 19.4. The molecule has 0 unspecified atom stereocenters. The van der Waals surface area contributed by atoms with Gasteiger partial charge in [-0.2, -0.15) is 5.10 Å². The Bertz CT molecular complexity index is 994. The third-order valence-electron chi connectivity index (χ3n) is 3.91. The van der Waals surface area contributed by atoms with E-state index in [2.05, 4.69) is 26.2 Å². The number of benzene rings is 2. The quantitative estimate of drug-likeness (QED) is 0.526. The molecule has 0 saturated heterocycles. The number of aryl methyl sites for hydroxylation is 1. The molecule has 2 amide bonds. The molecule has 0 saturated carbocycles. The largest absolute Gasteiger partial charge is 0.339 e. The smallest absolute Gasteiger partial charge is 0.307 e. The number of hydrazone groups is 1. The van der Waals surface area contributed by atoms with Gasteiger partial charge in [-0.15, -0.1) is 5.10 Å². The summed E-state index contributed by atoms with van der Waals surface area (Å²) >= 11 is 5.92. The molecule has 138 valence electrons. The van der Waals surface area contributed by atoms with E-state index in [1.54, 1.807) is 23.7 Å². The summed E-state index contributed by atoms with van der Waals surface area (Å²) in [4.78, 5) is 12.0. The van der Waals surface area contributed by atoms with Gasteiger partial charge in [0.25, 0.3) is 0 Å². The first-order chi connectivity index (χ1) is 12.9. The van der Waals surface area contributed by atoms with Crippen molar-refractivity contribution in [3.63, 3.8) is 0 Å². The SMILES string of the molecule is C/C(=N\NC(=O)Nc1cccc(C)c1)c1nnn(-c2ccc(Cl)cc2)c1C. The Kier molecular flexibility index (Phi) is 5.52. The maximum absolute atomic E-state index is 12.0. The van der Waals surface area contributed by atoms with Crippen LogP contribution in [0.3, 0.4) is 0 Å². The minimum atomic E-state index is -0.428. The van der Waals surface area contributed by atoms with E-state index in [0.717, 1.165) is 16.9 Å². The molecule has 0 bridgehead atoms. The van der Waals surface area contributed by atoms with E-state index in [1.807, 2.05) is 50.2 Å². The molecule has 2 N–H and O–H groups in total. The molecule has 3 aromatic rings. The van der Waals surface area contributed by atoms with Crippen molar-refractivity contribution in [3.8, 4) is 5.69 Å². The summed E-state index contributed by atoms with van der Waals surface area (Å²) in [6.07, 6.45) is 0. The fourth-order valence-electron chi connectivity index (χ4n) is 2.56. The molecule has 7 nitrogen and oxygen atoms in total. The van der Waals surface area contributed by atoms with E-state index in [9.17, 15) is 4.79 Å². The first-order valence-corrected chi connectivity index (χ1v) is 8.68. The normalized spacial score (nSPS) is 11.3. The van der Waals surface area contributed by atoms with Gasteiger partial charge in [-0.25, -0.2) is 14.9 Å². The molecule has 0 aliphatic heterocycles. The monoisotopic (exact) mass is 382 g/mol. The van der Waals surface area contributed by atoms with Crippen LogP contribution in [-0.4, -0.2) is 26.7 Å². The first-order valence-electron chi connectivity index (χ1n) is 8.30. The average molecular weight is 383 g/mol. The van der Waals surface area contributed by atoms with Crippen molar-refractivity contribution in [1.29, 1.82) is 0 Å². The van der Waals surface area contributed by atoms with Gasteiger partial charge in [-0.3, -0.25) is 0 Å². The van der Waals surface area contributed by atoms with Crippen LogP contribution >= 0.6 is 11.6 Å². The van der Waals surface area contributed by atoms with Crippen LogP contribution in [0.2, 0.25) is 5.02 Å². The molecule has 1 aromatic heterocycles. The van der Waals surface area contributed by atoms with Crippen molar-refractivity contribution >= 4 is 29.0 Å². The highest BCUT2D eigenvalue weighted by atomic mass is 35.5. The van der Waals surface area contributed by atoms with Gasteiger partial charge >= 0.3 is 6.03 Å². The van der Waals surface area contributed by atoms with Crippen LogP contribution in [0.1, 0.15) is 23.9 Å². The molecule has 0 aliphatic carbocycles. The minimum absolute atomic E-state index is 0.428. The number of anilines is 1. The fraction of sp³-hybridized carbons (Fsp3) is 0.158. The number of nitrogens with zero attached hydrogens (tertiary/aromatic N) is 4.